The summed E-state index contributed by atoms with van der Waals surface area (Å²) in [6.45, 7) is 0.921. The van der Waals surface area contributed by atoms with Gasteiger partial charge in [-0.1, -0.05) is 30.3 Å². The second-order valence-electron chi connectivity index (χ2n) is 7.58. The Bertz CT molecular complexity index is 897. The van der Waals surface area contributed by atoms with Crippen molar-refractivity contribution in [3.05, 3.63) is 65.2 Å². The fourth-order valence-corrected chi connectivity index (χ4v) is 4.17. The minimum atomic E-state index is -1.42. The Morgan fingerprint density at radius 1 is 1.18 bits per heavy atom. The number of piperidine rings is 1. The summed E-state index contributed by atoms with van der Waals surface area (Å²) in [5.74, 6) is -0.487. The number of carbonyl (C=O) groups is 2. The standard InChI is InChI=1S/C22H23NO5/c24-19-8-10-23(20(25)17-6-7-18-16(12-17)9-11-28-18)14-22(19,21(26)27)13-15-4-2-1-3-5-15/h1-7,12,19,24H,8-11,13-14H2,(H,26,27)/t19-,22-/m0/s1. The molecular formula is C22H23NO5. The summed E-state index contributed by atoms with van der Waals surface area (Å²) in [7, 11) is 0. The van der Waals surface area contributed by atoms with E-state index in [1.807, 2.05) is 36.4 Å². The van der Waals surface area contributed by atoms with Crippen LogP contribution in [-0.2, 0) is 17.6 Å². The zero-order valence-corrected chi connectivity index (χ0v) is 15.5. The van der Waals surface area contributed by atoms with Crippen molar-refractivity contribution in [1.82, 2.24) is 4.90 Å². The van der Waals surface area contributed by atoms with Crippen molar-refractivity contribution in [2.24, 2.45) is 5.41 Å². The summed E-state index contributed by atoms with van der Waals surface area (Å²) in [4.78, 5) is 26.9. The molecule has 0 radical (unpaired) electrons. The lowest BCUT2D eigenvalue weighted by Crippen LogP contribution is -2.58. The normalized spacial score (nSPS) is 23.8. The highest BCUT2D eigenvalue weighted by atomic mass is 16.5. The average Bonchev–Trinajstić information content (AvgIpc) is 3.17. The Kier molecular flexibility index (Phi) is 4.81. The molecule has 0 bridgehead atoms. The first-order valence-electron chi connectivity index (χ1n) is 9.50. The molecule has 2 aromatic rings. The molecule has 0 saturated carbocycles. The molecule has 146 valence electrons. The van der Waals surface area contributed by atoms with Crippen LogP contribution < -0.4 is 4.74 Å². The van der Waals surface area contributed by atoms with E-state index in [0.29, 0.717) is 18.7 Å². The van der Waals surface area contributed by atoms with Crippen LogP contribution >= 0.6 is 0 Å². The van der Waals surface area contributed by atoms with Crippen molar-refractivity contribution in [3.63, 3.8) is 0 Å². The summed E-state index contributed by atoms with van der Waals surface area (Å²) in [6.07, 6.45) is 0.163. The number of aliphatic hydroxyl groups is 1. The number of carbonyl (C=O) groups excluding carboxylic acids is 1. The van der Waals surface area contributed by atoms with E-state index in [1.54, 1.807) is 17.0 Å². The van der Waals surface area contributed by atoms with Gasteiger partial charge in [0, 0.05) is 25.1 Å². The van der Waals surface area contributed by atoms with Crippen LogP contribution in [0.1, 0.15) is 27.9 Å². The smallest absolute Gasteiger partial charge is 0.314 e. The number of ether oxygens (including phenoxy) is 1. The summed E-state index contributed by atoms with van der Waals surface area (Å²) in [5, 5.41) is 20.6. The van der Waals surface area contributed by atoms with Crippen molar-refractivity contribution in [3.8, 4) is 5.75 Å². The van der Waals surface area contributed by atoms with E-state index < -0.39 is 17.5 Å². The molecule has 1 fully saturated rings. The van der Waals surface area contributed by atoms with Gasteiger partial charge in [0.25, 0.3) is 5.91 Å². The van der Waals surface area contributed by atoms with Gasteiger partial charge in [-0.15, -0.1) is 0 Å². The first kappa shape index (κ1) is 18.5. The zero-order chi connectivity index (χ0) is 19.7. The maximum atomic E-state index is 13.1. The number of amides is 1. The number of nitrogens with zero attached hydrogens (tertiary/aromatic N) is 1. The van der Waals surface area contributed by atoms with Gasteiger partial charge in [-0.25, -0.2) is 0 Å². The van der Waals surface area contributed by atoms with Crippen molar-refractivity contribution < 1.29 is 24.5 Å². The molecule has 2 aromatic carbocycles. The molecule has 2 atom stereocenters. The monoisotopic (exact) mass is 381 g/mol. The fourth-order valence-electron chi connectivity index (χ4n) is 4.17. The molecular weight excluding hydrogens is 358 g/mol. The number of carboxylic acids is 1. The Morgan fingerprint density at radius 3 is 2.71 bits per heavy atom. The van der Waals surface area contributed by atoms with Crippen LogP contribution in [0.5, 0.6) is 5.75 Å². The Labute approximate surface area is 163 Å². The third kappa shape index (κ3) is 3.24. The quantitative estimate of drug-likeness (QED) is 0.847. The number of hydrogen-bond acceptors (Lipinski definition) is 4. The van der Waals surface area contributed by atoms with Crippen molar-refractivity contribution in [2.45, 2.75) is 25.4 Å². The van der Waals surface area contributed by atoms with E-state index in [0.717, 1.165) is 23.3 Å². The van der Waals surface area contributed by atoms with E-state index in [4.69, 9.17) is 4.74 Å². The number of carboxylic acid groups (broad SMARTS) is 1. The van der Waals surface area contributed by atoms with Crippen LogP contribution in [-0.4, -0.2) is 52.8 Å². The molecule has 28 heavy (non-hydrogen) atoms. The predicted molar refractivity (Wildman–Crippen MR) is 102 cm³/mol. The third-order valence-electron chi connectivity index (χ3n) is 5.80. The third-order valence-corrected chi connectivity index (χ3v) is 5.80. The predicted octanol–water partition coefficient (Wildman–Crippen LogP) is 2.14. The minimum absolute atomic E-state index is 0.0230. The van der Waals surface area contributed by atoms with Crippen LogP contribution in [0.25, 0.3) is 0 Å². The maximum Gasteiger partial charge on any atom is 0.314 e. The molecule has 1 saturated heterocycles. The molecule has 6 nitrogen and oxygen atoms in total. The summed E-state index contributed by atoms with van der Waals surface area (Å²) in [5.41, 5.74) is 0.930. The van der Waals surface area contributed by atoms with E-state index in [-0.39, 0.29) is 25.3 Å². The first-order chi connectivity index (χ1) is 13.5. The van der Waals surface area contributed by atoms with Crippen molar-refractivity contribution >= 4 is 11.9 Å². The van der Waals surface area contributed by atoms with E-state index in [9.17, 15) is 19.8 Å². The number of likely N-dealkylation sites (tertiary alicyclic amines) is 1. The van der Waals surface area contributed by atoms with Gasteiger partial charge in [-0.3, -0.25) is 9.59 Å². The number of fused-ring (bicyclic) bond motifs is 1. The number of hydrogen-bond donors (Lipinski definition) is 2. The second-order valence-corrected chi connectivity index (χ2v) is 7.58. The fraction of sp³-hybridized carbons (Fsp3) is 0.364. The molecule has 4 rings (SSSR count). The molecule has 0 aliphatic carbocycles. The minimum Gasteiger partial charge on any atom is -0.493 e. The molecule has 2 heterocycles. The number of rotatable bonds is 4. The van der Waals surface area contributed by atoms with Crippen molar-refractivity contribution in [1.29, 1.82) is 0 Å². The van der Waals surface area contributed by atoms with Crippen LogP contribution in [0.2, 0.25) is 0 Å². The highest BCUT2D eigenvalue weighted by molar-refractivity contribution is 5.95. The average molecular weight is 381 g/mol. The zero-order valence-electron chi connectivity index (χ0n) is 15.5. The SMILES string of the molecule is O=C(c1ccc2c(c1)CCO2)N1CC[C@H](O)[C@@](Cc2ccccc2)(C(=O)O)C1. The molecule has 0 unspecified atom stereocenters. The lowest BCUT2D eigenvalue weighted by Gasteiger charge is -2.43. The second kappa shape index (κ2) is 7.28. The summed E-state index contributed by atoms with van der Waals surface area (Å²) >= 11 is 0. The van der Waals surface area contributed by atoms with Gasteiger partial charge in [0.2, 0.25) is 0 Å². The molecule has 2 aliphatic rings. The molecule has 0 spiro atoms. The van der Waals surface area contributed by atoms with Gasteiger partial charge < -0.3 is 19.8 Å². The highest BCUT2D eigenvalue weighted by Crippen LogP contribution is 2.36. The van der Waals surface area contributed by atoms with E-state index in [1.165, 1.54) is 0 Å². The van der Waals surface area contributed by atoms with Crippen LogP contribution in [0.4, 0.5) is 0 Å². The molecule has 2 N–H and O–H groups in total. The molecule has 2 aliphatic heterocycles. The number of benzene rings is 2. The molecule has 0 aromatic heterocycles. The lowest BCUT2D eigenvalue weighted by atomic mass is 9.72. The van der Waals surface area contributed by atoms with Gasteiger partial charge in [-0.2, -0.15) is 0 Å². The van der Waals surface area contributed by atoms with Gasteiger partial charge in [0.1, 0.15) is 11.2 Å². The van der Waals surface area contributed by atoms with Gasteiger partial charge in [0.05, 0.1) is 12.7 Å². The maximum absolute atomic E-state index is 13.1. The summed E-state index contributed by atoms with van der Waals surface area (Å²) < 4.78 is 5.49. The van der Waals surface area contributed by atoms with Gasteiger partial charge in [0.15, 0.2) is 0 Å². The van der Waals surface area contributed by atoms with Crippen LogP contribution in [0, 0.1) is 5.41 Å². The number of aliphatic carboxylic acids is 1. The van der Waals surface area contributed by atoms with Crippen LogP contribution in [0.3, 0.4) is 0 Å². The Hall–Kier alpha value is -2.86. The van der Waals surface area contributed by atoms with E-state index in [2.05, 4.69) is 0 Å². The molecule has 1 amide bonds. The first-order valence-corrected chi connectivity index (χ1v) is 9.50. The summed E-state index contributed by atoms with van der Waals surface area (Å²) in [6, 6.07) is 14.6. The molecule has 6 heteroatoms. The van der Waals surface area contributed by atoms with E-state index >= 15 is 0 Å². The highest BCUT2D eigenvalue weighted by Gasteiger charge is 2.50. The van der Waals surface area contributed by atoms with Crippen molar-refractivity contribution in [2.75, 3.05) is 19.7 Å². The lowest BCUT2D eigenvalue weighted by molar-refractivity contribution is -0.161. The number of aliphatic hydroxyl groups excluding tert-OH is 1. The van der Waals surface area contributed by atoms with Gasteiger partial charge >= 0.3 is 5.97 Å². The Morgan fingerprint density at radius 2 is 1.96 bits per heavy atom. The van der Waals surface area contributed by atoms with Crippen LogP contribution in [0.15, 0.2) is 48.5 Å². The van der Waals surface area contributed by atoms with Gasteiger partial charge in [-0.05, 0) is 42.2 Å². The topological polar surface area (TPSA) is 87.1 Å². The largest absolute Gasteiger partial charge is 0.493 e. The Balaban J connectivity index is 1.60.